The smallest absolute Gasteiger partial charge is 0.175 e. The molecule has 3 nitrogen and oxygen atoms in total. The first kappa shape index (κ1) is 14.6. The van der Waals surface area contributed by atoms with E-state index < -0.39 is 5.82 Å². The summed E-state index contributed by atoms with van der Waals surface area (Å²) in [5, 5.41) is 0. The molecule has 0 saturated carbocycles. The molecule has 1 atom stereocenters. The van der Waals surface area contributed by atoms with Gasteiger partial charge in [0.2, 0.25) is 0 Å². The van der Waals surface area contributed by atoms with E-state index in [-0.39, 0.29) is 29.6 Å². The maximum Gasteiger partial charge on any atom is 0.175 e. The molecule has 1 rings (SSSR count). The zero-order chi connectivity index (χ0) is 13.7. The van der Waals surface area contributed by atoms with Crippen molar-refractivity contribution < 1.29 is 13.9 Å². The van der Waals surface area contributed by atoms with Gasteiger partial charge in [-0.05, 0) is 24.5 Å². The molecule has 0 amide bonds. The number of Topliss-reactive ketones (excluding diaryl/α,β-unsaturated/α-hetero) is 1. The molecule has 0 bridgehead atoms. The summed E-state index contributed by atoms with van der Waals surface area (Å²) >= 11 is 0. The molecule has 0 saturated heterocycles. The van der Waals surface area contributed by atoms with E-state index in [1.54, 1.807) is 6.07 Å². The van der Waals surface area contributed by atoms with Crippen molar-refractivity contribution >= 4 is 5.78 Å². The lowest BCUT2D eigenvalue weighted by atomic mass is 9.89. The Morgan fingerprint density at radius 2 is 2.11 bits per heavy atom. The second-order valence-electron chi connectivity index (χ2n) is 4.75. The quantitative estimate of drug-likeness (QED) is 0.793. The van der Waals surface area contributed by atoms with E-state index in [0.29, 0.717) is 12.3 Å². The molecule has 1 unspecified atom stereocenters. The van der Waals surface area contributed by atoms with Gasteiger partial charge in [-0.15, -0.1) is 0 Å². The Hall–Kier alpha value is -1.42. The number of benzene rings is 1. The molecule has 0 radical (unpaired) electrons. The van der Waals surface area contributed by atoms with Crippen molar-refractivity contribution in [1.29, 1.82) is 0 Å². The van der Waals surface area contributed by atoms with E-state index in [9.17, 15) is 9.18 Å². The maximum atomic E-state index is 14.0. The third-order valence-electron chi connectivity index (χ3n) is 2.86. The first-order valence-electron chi connectivity index (χ1n) is 6.08. The number of hydrogen-bond donors (Lipinski definition) is 1. The third kappa shape index (κ3) is 3.29. The van der Waals surface area contributed by atoms with Crippen molar-refractivity contribution in [2.45, 2.75) is 20.3 Å². The molecule has 4 heteroatoms. The van der Waals surface area contributed by atoms with Gasteiger partial charge in [0.25, 0.3) is 0 Å². The van der Waals surface area contributed by atoms with Gasteiger partial charge in [-0.3, -0.25) is 4.79 Å². The normalized spacial score (nSPS) is 12.6. The Kier molecular flexibility index (Phi) is 5.28. The van der Waals surface area contributed by atoms with Gasteiger partial charge in [0.05, 0.1) is 12.7 Å². The van der Waals surface area contributed by atoms with Crippen LogP contribution >= 0.6 is 0 Å². The van der Waals surface area contributed by atoms with Gasteiger partial charge < -0.3 is 10.5 Å². The molecule has 0 fully saturated rings. The van der Waals surface area contributed by atoms with Crippen LogP contribution in [0.15, 0.2) is 18.2 Å². The molecule has 0 aliphatic carbocycles. The first-order valence-corrected chi connectivity index (χ1v) is 6.08. The van der Waals surface area contributed by atoms with Crippen molar-refractivity contribution in [1.82, 2.24) is 0 Å². The minimum atomic E-state index is -0.604. The number of ether oxygens (including phenoxy) is 1. The highest BCUT2D eigenvalue weighted by Crippen LogP contribution is 2.24. The summed E-state index contributed by atoms with van der Waals surface area (Å²) in [5.74, 6) is -0.765. The molecule has 0 heterocycles. The molecule has 1 aromatic rings. The Balaban J connectivity index is 3.02. The summed E-state index contributed by atoms with van der Waals surface area (Å²) in [7, 11) is 1.38. The second kappa shape index (κ2) is 6.50. The van der Waals surface area contributed by atoms with Crippen molar-refractivity contribution in [3.8, 4) is 5.75 Å². The largest absolute Gasteiger partial charge is 0.494 e. The fourth-order valence-electron chi connectivity index (χ4n) is 1.96. The summed E-state index contributed by atoms with van der Waals surface area (Å²) in [6, 6.07) is 4.58. The van der Waals surface area contributed by atoms with E-state index in [0.717, 1.165) is 0 Å². The SMILES string of the molecule is COc1cccc(C(=O)C(CN)CC(C)C)c1F. The lowest BCUT2D eigenvalue weighted by Crippen LogP contribution is -2.26. The lowest BCUT2D eigenvalue weighted by molar-refractivity contribution is 0.0904. The van der Waals surface area contributed by atoms with Gasteiger partial charge in [-0.25, -0.2) is 4.39 Å². The summed E-state index contributed by atoms with van der Waals surface area (Å²) in [6.07, 6.45) is 0.659. The minimum Gasteiger partial charge on any atom is -0.494 e. The van der Waals surface area contributed by atoms with Crippen LogP contribution in [0, 0.1) is 17.7 Å². The van der Waals surface area contributed by atoms with E-state index in [4.69, 9.17) is 10.5 Å². The number of nitrogens with two attached hydrogens (primary N) is 1. The van der Waals surface area contributed by atoms with Crippen molar-refractivity contribution in [2.75, 3.05) is 13.7 Å². The van der Waals surface area contributed by atoms with Crippen LogP contribution in [0.2, 0.25) is 0 Å². The Morgan fingerprint density at radius 3 is 2.61 bits per heavy atom. The number of carbonyl (C=O) groups is 1. The van der Waals surface area contributed by atoms with E-state index in [2.05, 4.69) is 0 Å². The van der Waals surface area contributed by atoms with E-state index >= 15 is 0 Å². The van der Waals surface area contributed by atoms with E-state index in [1.807, 2.05) is 13.8 Å². The predicted molar refractivity (Wildman–Crippen MR) is 69.3 cm³/mol. The zero-order valence-corrected chi connectivity index (χ0v) is 11.1. The predicted octanol–water partition coefficient (Wildman–Crippen LogP) is 2.64. The standard InChI is InChI=1S/C14H20FNO2/c1-9(2)7-10(8-16)14(17)11-5-4-6-12(18-3)13(11)15/h4-6,9-10H,7-8,16H2,1-3H3. The van der Waals surface area contributed by atoms with Crippen LogP contribution in [0.3, 0.4) is 0 Å². The van der Waals surface area contributed by atoms with Crippen LogP contribution in [0.1, 0.15) is 30.6 Å². The van der Waals surface area contributed by atoms with Crippen molar-refractivity contribution in [2.24, 2.45) is 17.6 Å². The monoisotopic (exact) mass is 253 g/mol. The van der Waals surface area contributed by atoms with Crippen molar-refractivity contribution in [3.63, 3.8) is 0 Å². The number of hydrogen-bond acceptors (Lipinski definition) is 3. The highest BCUT2D eigenvalue weighted by Gasteiger charge is 2.23. The third-order valence-corrected chi connectivity index (χ3v) is 2.86. The molecular weight excluding hydrogens is 233 g/mol. The van der Waals surface area contributed by atoms with Crippen LogP contribution in [-0.4, -0.2) is 19.4 Å². The number of halogens is 1. The molecule has 100 valence electrons. The van der Waals surface area contributed by atoms with Crippen LogP contribution in [0.4, 0.5) is 4.39 Å². The van der Waals surface area contributed by atoms with Gasteiger partial charge in [0.15, 0.2) is 17.3 Å². The molecule has 18 heavy (non-hydrogen) atoms. The molecule has 1 aromatic carbocycles. The Morgan fingerprint density at radius 1 is 1.44 bits per heavy atom. The fraction of sp³-hybridized carbons (Fsp3) is 0.500. The van der Waals surface area contributed by atoms with Gasteiger partial charge in [0, 0.05) is 12.5 Å². The van der Waals surface area contributed by atoms with Crippen molar-refractivity contribution in [3.05, 3.63) is 29.6 Å². The average Bonchev–Trinajstić information content (AvgIpc) is 2.35. The van der Waals surface area contributed by atoms with Gasteiger partial charge in [0.1, 0.15) is 0 Å². The minimum absolute atomic E-state index is 0.0606. The molecule has 0 aliphatic heterocycles. The van der Waals surface area contributed by atoms with Crippen LogP contribution in [-0.2, 0) is 0 Å². The molecule has 0 spiro atoms. The summed E-state index contributed by atoms with van der Waals surface area (Å²) in [4.78, 5) is 12.2. The van der Waals surface area contributed by atoms with E-state index in [1.165, 1.54) is 19.2 Å². The molecule has 2 N–H and O–H groups in total. The zero-order valence-electron chi connectivity index (χ0n) is 11.1. The summed E-state index contributed by atoms with van der Waals surface area (Å²) < 4.78 is 18.8. The van der Waals surface area contributed by atoms with Gasteiger partial charge in [-0.2, -0.15) is 0 Å². The maximum absolute atomic E-state index is 14.0. The van der Waals surface area contributed by atoms with Gasteiger partial charge >= 0.3 is 0 Å². The van der Waals surface area contributed by atoms with Crippen LogP contribution in [0.25, 0.3) is 0 Å². The first-order chi connectivity index (χ1) is 8.51. The Labute approximate surface area is 107 Å². The molecule has 0 aromatic heterocycles. The molecular formula is C14H20FNO2. The number of rotatable bonds is 6. The summed E-state index contributed by atoms with van der Waals surface area (Å²) in [5.41, 5.74) is 5.67. The topological polar surface area (TPSA) is 52.3 Å². The van der Waals surface area contributed by atoms with Gasteiger partial charge in [-0.1, -0.05) is 19.9 Å². The highest BCUT2D eigenvalue weighted by molar-refractivity contribution is 5.98. The Bertz CT molecular complexity index is 418. The highest BCUT2D eigenvalue weighted by atomic mass is 19.1. The summed E-state index contributed by atoms with van der Waals surface area (Å²) in [6.45, 7) is 4.25. The number of ketones is 1. The average molecular weight is 253 g/mol. The number of carbonyl (C=O) groups excluding carboxylic acids is 1. The number of methoxy groups -OCH3 is 1. The fourth-order valence-corrected chi connectivity index (χ4v) is 1.96. The van der Waals surface area contributed by atoms with Crippen LogP contribution in [0.5, 0.6) is 5.75 Å². The lowest BCUT2D eigenvalue weighted by Gasteiger charge is -2.16. The van der Waals surface area contributed by atoms with Crippen LogP contribution < -0.4 is 10.5 Å². The second-order valence-corrected chi connectivity index (χ2v) is 4.75. The molecule has 0 aliphatic rings.